The molecule has 0 aliphatic carbocycles. The Morgan fingerprint density at radius 1 is 0.902 bits per heavy atom. The smallest absolute Gasteiger partial charge is 0.325 e. The molecule has 3 aromatic carbocycles. The van der Waals surface area contributed by atoms with Crippen LogP contribution in [0, 0.1) is 9.49 Å². The quantitative estimate of drug-likeness (QED) is 0.244. The number of nitrogens with one attached hydrogen (secondary N) is 1. The molecule has 0 bridgehead atoms. The number of esters is 1. The maximum Gasteiger partial charge on any atom is 0.325 e. The molecule has 2 N–H and O–H groups in total. The summed E-state index contributed by atoms with van der Waals surface area (Å²) in [4.78, 5) is 52.1. The number of halogens is 1. The second-order valence-electron chi connectivity index (χ2n) is 10.4. The number of carbonyl (C=O) groups excluding carboxylic acids is 2. The van der Waals surface area contributed by atoms with Gasteiger partial charge in [0, 0.05) is 27.2 Å². The van der Waals surface area contributed by atoms with Gasteiger partial charge in [0.1, 0.15) is 29.8 Å². The van der Waals surface area contributed by atoms with Gasteiger partial charge in [0.15, 0.2) is 0 Å². The first kappa shape index (κ1) is 25.8. The number of benzene rings is 3. The molecular weight excluding hydrogens is 635 g/mol. The number of aromatic nitrogens is 2. The first-order chi connectivity index (χ1) is 19.9. The minimum atomic E-state index is -1.67. The topological polar surface area (TPSA) is 122 Å². The van der Waals surface area contributed by atoms with Crippen molar-refractivity contribution in [3.8, 4) is 0 Å². The van der Waals surface area contributed by atoms with Crippen LogP contribution in [-0.2, 0) is 24.5 Å². The summed E-state index contributed by atoms with van der Waals surface area (Å²) in [6.45, 7) is 0. The maximum absolute atomic E-state index is 14.3. The van der Waals surface area contributed by atoms with E-state index in [0.717, 1.165) is 14.7 Å². The van der Waals surface area contributed by atoms with Crippen LogP contribution in [0.3, 0.4) is 0 Å². The molecule has 4 aromatic rings. The Bertz CT molecular complexity index is 1670. The largest absolute Gasteiger partial charge is 0.481 e. The summed E-state index contributed by atoms with van der Waals surface area (Å²) >= 11 is 2.15. The molecule has 204 valence electrons. The average Bonchev–Trinajstić information content (AvgIpc) is 3.47. The van der Waals surface area contributed by atoms with Crippen molar-refractivity contribution in [1.82, 2.24) is 14.9 Å². The summed E-state index contributed by atoms with van der Waals surface area (Å²) in [5.41, 5.74) is 1.49. The van der Waals surface area contributed by atoms with Gasteiger partial charge in [-0.1, -0.05) is 60.7 Å². The van der Waals surface area contributed by atoms with Crippen LogP contribution in [0.4, 0.5) is 5.69 Å². The third-order valence-electron chi connectivity index (χ3n) is 8.43. The SMILES string of the molecule is O=C1O[C@H](c2ccccc2)[C@H](c2ccccc2)N2[C@H]1[C@@H](C(=O)O)[C@]1(C(=O)Nc3ccc(I)cc31)[C@H]2c1cncnc1. The molecule has 2 saturated heterocycles. The number of hydrogen-bond acceptors (Lipinski definition) is 7. The van der Waals surface area contributed by atoms with Crippen molar-refractivity contribution < 1.29 is 24.2 Å². The number of nitrogens with zero attached hydrogens (tertiary/aromatic N) is 3. The lowest BCUT2D eigenvalue weighted by molar-refractivity contribution is -0.179. The van der Waals surface area contributed by atoms with Crippen LogP contribution in [0.25, 0.3) is 0 Å². The van der Waals surface area contributed by atoms with Crippen LogP contribution < -0.4 is 5.32 Å². The van der Waals surface area contributed by atoms with E-state index in [1.54, 1.807) is 18.5 Å². The third-order valence-corrected chi connectivity index (χ3v) is 9.10. The van der Waals surface area contributed by atoms with E-state index in [1.807, 2.05) is 77.7 Å². The average molecular weight is 658 g/mol. The summed E-state index contributed by atoms with van der Waals surface area (Å²) in [6, 6.07) is 21.6. The van der Waals surface area contributed by atoms with Gasteiger partial charge in [0.05, 0.1) is 12.1 Å². The third kappa shape index (κ3) is 3.73. The molecule has 9 nitrogen and oxygen atoms in total. The molecule has 0 saturated carbocycles. The lowest BCUT2D eigenvalue weighted by Gasteiger charge is -2.45. The van der Waals surface area contributed by atoms with E-state index in [1.165, 1.54) is 6.33 Å². The van der Waals surface area contributed by atoms with Crippen LogP contribution in [0.5, 0.6) is 0 Å². The number of rotatable bonds is 4. The molecule has 3 aliphatic heterocycles. The Hall–Kier alpha value is -4.16. The van der Waals surface area contributed by atoms with Crippen LogP contribution in [0.2, 0.25) is 0 Å². The zero-order valence-corrected chi connectivity index (χ0v) is 23.6. The van der Waals surface area contributed by atoms with Crippen molar-refractivity contribution in [3.63, 3.8) is 0 Å². The fourth-order valence-electron chi connectivity index (χ4n) is 7.00. The Balaban J connectivity index is 1.57. The molecule has 6 atom stereocenters. The number of carboxylic acids is 1. The van der Waals surface area contributed by atoms with Crippen LogP contribution >= 0.6 is 22.6 Å². The highest BCUT2D eigenvalue weighted by Gasteiger charge is 2.74. The molecular formula is C31H23IN4O5. The van der Waals surface area contributed by atoms with Gasteiger partial charge >= 0.3 is 11.9 Å². The van der Waals surface area contributed by atoms with E-state index in [-0.39, 0.29) is 0 Å². The highest BCUT2D eigenvalue weighted by molar-refractivity contribution is 14.1. The van der Waals surface area contributed by atoms with E-state index >= 15 is 0 Å². The number of carbonyl (C=O) groups is 3. The highest BCUT2D eigenvalue weighted by Crippen LogP contribution is 2.64. The number of anilines is 1. The van der Waals surface area contributed by atoms with Crippen LogP contribution in [-0.4, -0.2) is 43.9 Å². The second-order valence-corrected chi connectivity index (χ2v) is 11.7. The number of hydrogen-bond donors (Lipinski definition) is 2. The van der Waals surface area contributed by atoms with Crippen LogP contribution in [0.1, 0.15) is 40.4 Å². The predicted molar refractivity (Wildman–Crippen MR) is 155 cm³/mol. The van der Waals surface area contributed by atoms with E-state index in [4.69, 9.17) is 4.74 Å². The number of morpholine rings is 1. The van der Waals surface area contributed by atoms with Gasteiger partial charge in [-0.05, 0) is 57.5 Å². The lowest BCUT2D eigenvalue weighted by atomic mass is 9.66. The van der Waals surface area contributed by atoms with Crippen molar-refractivity contribution >= 4 is 46.1 Å². The van der Waals surface area contributed by atoms with Gasteiger partial charge in [-0.25, -0.2) is 9.97 Å². The number of ether oxygens (including phenoxy) is 1. The normalized spacial score (nSPS) is 28.6. The van der Waals surface area contributed by atoms with Gasteiger partial charge in [-0.2, -0.15) is 0 Å². The molecule has 4 heterocycles. The van der Waals surface area contributed by atoms with Gasteiger partial charge in [0.25, 0.3) is 0 Å². The molecule has 3 aliphatic rings. The standard InChI is InChI=1S/C31H23IN4O5/c32-20-11-12-22-21(13-20)31(30(40)35-22)23(28(37)38)25-29(39)41-26(18-9-5-2-6-10-18)24(17-7-3-1-4-8-17)36(25)27(31)19-14-33-16-34-15-19/h1-16,23-27H,(H,35,40)(H,37,38)/t23-,24-,25-,26+,27+,31-/m0/s1. The lowest BCUT2D eigenvalue weighted by Crippen LogP contribution is -2.52. The molecule has 7 rings (SSSR count). The second kappa shape index (κ2) is 9.74. The van der Waals surface area contributed by atoms with Gasteiger partial charge in [0.2, 0.25) is 5.91 Å². The zero-order chi connectivity index (χ0) is 28.3. The van der Waals surface area contributed by atoms with Crippen molar-refractivity contribution in [3.05, 3.63) is 123 Å². The van der Waals surface area contributed by atoms with Crippen LogP contribution in [0.15, 0.2) is 97.6 Å². The Labute approximate surface area is 248 Å². The fourth-order valence-corrected chi connectivity index (χ4v) is 7.49. The number of fused-ring (bicyclic) bond motifs is 3. The maximum atomic E-state index is 14.3. The number of aliphatic carboxylic acids is 1. The summed E-state index contributed by atoms with van der Waals surface area (Å²) in [6.07, 6.45) is 3.81. The summed E-state index contributed by atoms with van der Waals surface area (Å²) < 4.78 is 6.99. The molecule has 41 heavy (non-hydrogen) atoms. The first-order valence-corrected chi connectivity index (χ1v) is 14.2. The summed E-state index contributed by atoms with van der Waals surface area (Å²) in [5.74, 6) is -3.89. The molecule has 1 aromatic heterocycles. The van der Waals surface area contributed by atoms with Gasteiger partial charge in [-0.3, -0.25) is 19.3 Å². The summed E-state index contributed by atoms with van der Waals surface area (Å²) in [7, 11) is 0. The molecule has 0 radical (unpaired) electrons. The van der Waals surface area contributed by atoms with Crippen molar-refractivity contribution in [2.45, 2.75) is 29.6 Å². The van der Waals surface area contributed by atoms with Crippen molar-refractivity contribution in [1.29, 1.82) is 0 Å². The van der Waals surface area contributed by atoms with E-state index in [9.17, 15) is 19.5 Å². The predicted octanol–water partition coefficient (Wildman–Crippen LogP) is 4.44. The molecule has 1 amide bonds. The number of carboxylic acid groups (broad SMARTS) is 1. The molecule has 2 fully saturated rings. The Morgan fingerprint density at radius 2 is 1.56 bits per heavy atom. The molecule has 10 heteroatoms. The van der Waals surface area contributed by atoms with Crippen molar-refractivity contribution in [2.75, 3.05) is 5.32 Å². The Morgan fingerprint density at radius 3 is 2.22 bits per heavy atom. The monoisotopic (exact) mass is 658 g/mol. The summed E-state index contributed by atoms with van der Waals surface area (Å²) in [5, 5.41) is 13.8. The minimum absolute atomic E-state index is 0.485. The van der Waals surface area contributed by atoms with Crippen molar-refractivity contribution in [2.24, 2.45) is 5.92 Å². The van der Waals surface area contributed by atoms with Gasteiger partial charge in [-0.15, -0.1) is 0 Å². The minimum Gasteiger partial charge on any atom is -0.481 e. The number of cyclic esters (lactones) is 1. The highest BCUT2D eigenvalue weighted by atomic mass is 127. The first-order valence-electron chi connectivity index (χ1n) is 13.1. The number of amides is 1. The van der Waals surface area contributed by atoms with E-state index < -0.39 is 53.4 Å². The zero-order valence-electron chi connectivity index (χ0n) is 21.4. The van der Waals surface area contributed by atoms with E-state index in [2.05, 4.69) is 37.9 Å². The fraction of sp³-hybridized carbons (Fsp3) is 0.194. The van der Waals surface area contributed by atoms with Gasteiger partial charge < -0.3 is 15.2 Å². The molecule has 1 spiro atoms. The molecule has 0 unspecified atom stereocenters. The Kier molecular flexibility index (Phi) is 6.12. The van der Waals surface area contributed by atoms with E-state index in [0.29, 0.717) is 16.8 Å².